The van der Waals surface area contributed by atoms with Gasteiger partial charge in [-0.1, -0.05) is 35.5 Å². The normalized spacial score (nSPS) is 11.4. The molecule has 3 rings (SSSR count). The Morgan fingerprint density at radius 3 is 2.47 bits per heavy atom. The average molecular weight is 539 g/mol. The maximum atomic E-state index is 12.8. The molecule has 0 saturated heterocycles. The molecule has 0 fully saturated rings. The van der Waals surface area contributed by atoms with Crippen LogP contribution in [0.25, 0.3) is 0 Å². The molecule has 1 heterocycles. The minimum absolute atomic E-state index is 0.0371. The van der Waals surface area contributed by atoms with E-state index >= 15 is 0 Å². The fraction of sp³-hybridized carbons (Fsp3) is 0.296. The molecular weight excluding hydrogens is 508 g/mol. The van der Waals surface area contributed by atoms with Gasteiger partial charge in [-0.05, 0) is 50.6 Å². The lowest BCUT2D eigenvalue weighted by Gasteiger charge is -2.17. The van der Waals surface area contributed by atoms with Crippen molar-refractivity contribution >= 4 is 35.3 Å². The number of carbonyl (C=O) groups excluding carboxylic acids is 3. The van der Waals surface area contributed by atoms with E-state index in [1.54, 1.807) is 6.08 Å². The summed E-state index contributed by atoms with van der Waals surface area (Å²) in [6.07, 6.45) is 1.30. The molecule has 1 aromatic heterocycles. The highest BCUT2D eigenvalue weighted by Gasteiger charge is 2.21. The Bertz CT molecular complexity index is 1350. The van der Waals surface area contributed by atoms with Gasteiger partial charge in [-0.3, -0.25) is 9.36 Å². The SMILES string of the molecule is C=CCn1c(SCC(=O)Nc2cc(C(=O)OC)ccc2C(=O)OC)nnc1C(C)Oc1ccc(C)cc1C. The van der Waals surface area contributed by atoms with Crippen LogP contribution in [0, 0.1) is 13.8 Å². The van der Waals surface area contributed by atoms with Crippen LogP contribution in [0.2, 0.25) is 0 Å². The van der Waals surface area contributed by atoms with Crippen LogP contribution in [0.15, 0.2) is 54.2 Å². The van der Waals surface area contributed by atoms with Crippen molar-refractivity contribution in [3.8, 4) is 5.75 Å². The van der Waals surface area contributed by atoms with Crippen LogP contribution in [0.1, 0.15) is 50.7 Å². The summed E-state index contributed by atoms with van der Waals surface area (Å²) in [6, 6.07) is 10.1. The lowest BCUT2D eigenvalue weighted by molar-refractivity contribution is -0.113. The van der Waals surface area contributed by atoms with Gasteiger partial charge < -0.3 is 19.5 Å². The number of thioether (sulfide) groups is 1. The summed E-state index contributed by atoms with van der Waals surface area (Å²) in [4.78, 5) is 36.9. The molecule has 200 valence electrons. The van der Waals surface area contributed by atoms with Gasteiger partial charge in [0, 0.05) is 6.54 Å². The summed E-state index contributed by atoms with van der Waals surface area (Å²) in [5.41, 5.74) is 2.57. The van der Waals surface area contributed by atoms with Gasteiger partial charge in [-0.15, -0.1) is 16.8 Å². The molecule has 3 aromatic rings. The summed E-state index contributed by atoms with van der Waals surface area (Å²) in [7, 11) is 2.47. The van der Waals surface area contributed by atoms with E-state index in [9.17, 15) is 14.4 Å². The zero-order valence-electron chi connectivity index (χ0n) is 21.9. The second-order valence-electron chi connectivity index (χ2n) is 8.35. The number of nitrogens with zero attached hydrogens (tertiary/aromatic N) is 3. The van der Waals surface area contributed by atoms with Gasteiger partial charge in [0.2, 0.25) is 5.91 Å². The van der Waals surface area contributed by atoms with Gasteiger partial charge in [0.05, 0.1) is 36.8 Å². The molecule has 0 radical (unpaired) electrons. The Labute approximate surface area is 225 Å². The highest BCUT2D eigenvalue weighted by atomic mass is 32.2. The number of aromatic nitrogens is 3. The molecule has 0 aliphatic carbocycles. The molecule has 0 aliphatic rings. The number of anilines is 1. The number of hydrogen-bond donors (Lipinski definition) is 1. The Balaban J connectivity index is 1.75. The Morgan fingerprint density at radius 1 is 1.08 bits per heavy atom. The van der Waals surface area contributed by atoms with E-state index < -0.39 is 23.9 Å². The minimum Gasteiger partial charge on any atom is -0.482 e. The number of ether oxygens (including phenoxy) is 3. The monoisotopic (exact) mass is 538 g/mol. The van der Waals surface area contributed by atoms with Crippen molar-refractivity contribution in [2.75, 3.05) is 25.3 Å². The number of esters is 2. The van der Waals surface area contributed by atoms with Gasteiger partial charge in [-0.2, -0.15) is 0 Å². The third-order valence-corrected chi connectivity index (χ3v) is 6.47. The zero-order valence-corrected chi connectivity index (χ0v) is 22.8. The van der Waals surface area contributed by atoms with Gasteiger partial charge in [0.1, 0.15) is 5.75 Å². The van der Waals surface area contributed by atoms with Crippen LogP contribution < -0.4 is 10.1 Å². The first kappa shape index (κ1) is 28.5. The van der Waals surface area contributed by atoms with Crippen LogP contribution in [-0.4, -0.2) is 52.6 Å². The minimum atomic E-state index is -0.655. The van der Waals surface area contributed by atoms with Gasteiger partial charge in [0.25, 0.3) is 0 Å². The molecule has 38 heavy (non-hydrogen) atoms. The molecule has 0 saturated carbocycles. The van der Waals surface area contributed by atoms with Crippen molar-refractivity contribution in [1.29, 1.82) is 0 Å². The van der Waals surface area contributed by atoms with Crippen molar-refractivity contribution in [2.45, 2.75) is 38.6 Å². The molecule has 1 unspecified atom stereocenters. The number of allylic oxidation sites excluding steroid dienone is 1. The first-order chi connectivity index (χ1) is 18.2. The second kappa shape index (κ2) is 12.9. The van der Waals surface area contributed by atoms with E-state index in [1.165, 1.54) is 44.2 Å². The molecule has 10 nitrogen and oxygen atoms in total. The van der Waals surface area contributed by atoms with E-state index in [1.807, 2.05) is 43.5 Å². The third-order valence-electron chi connectivity index (χ3n) is 5.51. The average Bonchev–Trinajstić information content (AvgIpc) is 3.30. The number of methoxy groups -OCH3 is 2. The van der Waals surface area contributed by atoms with Gasteiger partial charge in [-0.25, -0.2) is 9.59 Å². The Morgan fingerprint density at radius 2 is 1.82 bits per heavy atom. The summed E-state index contributed by atoms with van der Waals surface area (Å²) >= 11 is 1.17. The van der Waals surface area contributed by atoms with Gasteiger partial charge >= 0.3 is 11.9 Å². The predicted molar refractivity (Wildman–Crippen MR) is 144 cm³/mol. The maximum absolute atomic E-state index is 12.8. The second-order valence-corrected chi connectivity index (χ2v) is 9.29. The number of amides is 1. The number of nitrogens with one attached hydrogen (secondary N) is 1. The topological polar surface area (TPSA) is 122 Å². The first-order valence-electron chi connectivity index (χ1n) is 11.7. The van der Waals surface area contributed by atoms with E-state index in [0.29, 0.717) is 17.5 Å². The predicted octanol–water partition coefficient (Wildman–Crippen LogP) is 4.52. The number of benzene rings is 2. The molecular formula is C27H30N4O6S. The molecule has 0 spiro atoms. The molecule has 0 bridgehead atoms. The molecule has 0 aliphatic heterocycles. The van der Waals surface area contributed by atoms with Crippen molar-refractivity contribution in [2.24, 2.45) is 0 Å². The van der Waals surface area contributed by atoms with Crippen molar-refractivity contribution in [3.63, 3.8) is 0 Å². The van der Waals surface area contributed by atoms with Crippen LogP contribution in [0.4, 0.5) is 5.69 Å². The van der Waals surface area contributed by atoms with Crippen LogP contribution >= 0.6 is 11.8 Å². The Hall–Kier alpha value is -4.12. The van der Waals surface area contributed by atoms with Gasteiger partial charge in [0.15, 0.2) is 17.1 Å². The van der Waals surface area contributed by atoms with Crippen LogP contribution in [0.3, 0.4) is 0 Å². The number of hydrogen-bond acceptors (Lipinski definition) is 9. The molecule has 11 heteroatoms. The third kappa shape index (κ3) is 6.80. The number of carbonyl (C=O) groups is 3. The van der Waals surface area contributed by atoms with Crippen molar-refractivity contribution in [1.82, 2.24) is 14.8 Å². The fourth-order valence-electron chi connectivity index (χ4n) is 3.68. The smallest absolute Gasteiger partial charge is 0.339 e. The number of aryl methyl sites for hydroxylation is 2. The quantitative estimate of drug-likeness (QED) is 0.213. The molecule has 1 amide bonds. The van der Waals surface area contributed by atoms with Crippen molar-refractivity contribution < 1.29 is 28.6 Å². The number of rotatable bonds is 11. The molecule has 1 N–H and O–H groups in total. The van der Waals surface area contributed by atoms with Crippen LogP contribution in [-0.2, 0) is 20.8 Å². The maximum Gasteiger partial charge on any atom is 0.339 e. The van der Waals surface area contributed by atoms with Crippen molar-refractivity contribution in [3.05, 3.63) is 77.1 Å². The lowest BCUT2D eigenvalue weighted by Crippen LogP contribution is -2.18. The molecule has 2 aromatic carbocycles. The summed E-state index contributed by atoms with van der Waals surface area (Å²) in [6.45, 7) is 10.1. The van der Waals surface area contributed by atoms with E-state index in [4.69, 9.17) is 14.2 Å². The lowest BCUT2D eigenvalue weighted by atomic mass is 10.1. The fourth-order valence-corrected chi connectivity index (χ4v) is 4.43. The van der Waals surface area contributed by atoms with Crippen LogP contribution in [0.5, 0.6) is 5.75 Å². The highest BCUT2D eigenvalue weighted by molar-refractivity contribution is 7.99. The summed E-state index contributed by atoms with van der Waals surface area (Å²) in [5.74, 6) is -0.376. The van der Waals surface area contributed by atoms with E-state index in [-0.39, 0.29) is 22.6 Å². The van der Waals surface area contributed by atoms with E-state index in [2.05, 4.69) is 22.1 Å². The summed E-state index contributed by atoms with van der Waals surface area (Å²) < 4.78 is 17.5. The van der Waals surface area contributed by atoms with E-state index in [0.717, 1.165) is 16.9 Å². The summed E-state index contributed by atoms with van der Waals surface area (Å²) in [5, 5.41) is 11.7. The molecule has 1 atom stereocenters. The standard InChI is InChI=1S/C27H30N4O6S/c1-7-12-31-24(18(4)37-22-11-8-16(2)13-17(22)3)29-30-27(31)38-15-23(32)28-21-14-19(25(33)35-5)9-10-20(21)26(34)36-6/h7-11,13-14,18H,1,12,15H2,2-6H3,(H,28,32). The first-order valence-corrected chi connectivity index (χ1v) is 12.7. The zero-order chi connectivity index (χ0) is 27.8. The highest BCUT2D eigenvalue weighted by Crippen LogP contribution is 2.28. The largest absolute Gasteiger partial charge is 0.482 e. The Kier molecular flexibility index (Phi) is 9.66.